The molecule has 162 valence electrons. The smallest absolute Gasteiger partial charge is 0.263 e. The van der Waals surface area contributed by atoms with Gasteiger partial charge in [-0.1, -0.05) is 42.5 Å². The topological polar surface area (TPSA) is 73.3 Å². The molecule has 32 heavy (non-hydrogen) atoms. The number of nitrogens with zero attached hydrogens (tertiary/aromatic N) is 2. The lowest BCUT2D eigenvalue weighted by molar-refractivity contribution is 0.0954. The summed E-state index contributed by atoms with van der Waals surface area (Å²) in [5.41, 5.74) is 3.44. The van der Waals surface area contributed by atoms with E-state index in [2.05, 4.69) is 15.3 Å². The molecule has 0 aliphatic heterocycles. The van der Waals surface area contributed by atoms with E-state index in [1.54, 1.807) is 13.3 Å². The molecule has 4 aromatic rings. The summed E-state index contributed by atoms with van der Waals surface area (Å²) >= 11 is 1.34. The van der Waals surface area contributed by atoms with Crippen LogP contribution in [0.3, 0.4) is 0 Å². The Balaban J connectivity index is 1.40. The molecular formula is C25H23N3O3S. The standard InChI is InChI=1S/C25H23N3O3S/c1-17-23(32-25(28-17)20-10-6-7-13-26-20)24(29)27-15-19-11-12-21(22(14-19)30-2)31-16-18-8-4-3-5-9-18/h3-14H,15-16H2,1-2H3,(H,27,29). The van der Waals surface area contributed by atoms with E-state index in [1.165, 1.54) is 11.3 Å². The fourth-order valence-corrected chi connectivity index (χ4v) is 4.10. The Kier molecular flexibility index (Phi) is 6.77. The predicted octanol–water partition coefficient (Wildman–Crippen LogP) is 5.03. The van der Waals surface area contributed by atoms with Crippen molar-refractivity contribution in [3.05, 3.63) is 94.6 Å². The van der Waals surface area contributed by atoms with Gasteiger partial charge in [0.15, 0.2) is 11.5 Å². The second kappa shape index (κ2) is 10.1. The van der Waals surface area contributed by atoms with E-state index in [1.807, 2.05) is 73.7 Å². The third-order valence-corrected chi connectivity index (χ3v) is 5.98. The number of nitrogens with one attached hydrogen (secondary N) is 1. The number of carbonyl (C=O) groups is 1. The number of rotatable bonds is 8. The number of aryl methyl sites for hydroxylation is 1. The predicted molar refractivity (Wildman–Crippen MR) is 125 cm³/mol. The van der Waals surface area contributed by atoms with Gasteiger partial charge in [-0.05, 0) is 42.3 Å². The highest BCUT2D eigenvalue weighted by molar-refractivity contribution is 7.17. The third-order valence-electron chi connectivity index (χ3n) is 4.81. The van der Waals surface area contributed by atoms with Crippen molar-refractivity contribution < 1.29 is 14.3 Å². The lowest BCUT2D eigenvalue weighted by Crippen LogP contribution is -2.22. The molecule has 2 aromatic heterocycles. The average molecular weight is 446 g/mol. The van der Waals surface area contributed by atoms with Gasteiger partial charge in [0.1, 0.15) is 16.5 Å². The maximum Gasteiger partial charge on any atom is 0.263 e. The molecule has 7 heteroatoms. The Hall–Kier alpha value is -3.71. The molecule has 0 unspecified atom stereocenters. The Morgan fingerprint density at radius 1 is 1.00 bits per heavy atom. The van der Waals surface area contributed by atoms with Crippen molar-refractivity contribution in [2.45, 2.75) is 20.1 Å². The number of hydrogen-bond donors (Lipinski definition) is 1. The molecule has 0 spiro atoms. The van der Waals surface area contributed by atoms with Gasteiger partial charge in [0.05, 0.1) is 18.5 Å². The highest BCUT2D eigenvalue weighted by Gasteiger charge is 2.17. The summed E-state index contributed by atoms with van der Waals surface area (Å²) in [5, 5.41) is 3.70. The van der Waals surface area contributed by atoms with Crippen LogP contribution >= 0.6 is 11.3 Å². The van der Waals surface area contributed by atoms with Gasteiger partial charge >= 0.3 is 0 Å². The zero-order valence-corrected chi connectivity index (χ0v) is 18.7. The number of aromatic nitrogens is 2. The second-order valence-electron chi connectivity index (χ2n) is 7.09. The third kappa shape index (κ3) is 5.12. The van der Waals surface area contributed by atoms with E-state index >= 15 is 0 Å². The molecule has 2 heterocycles. The van der Waals surface area contributed by atoms with E-state index < -0.39 is 0 Å². The quantitative estimate of drug-likeness (QED) is 0.412. The zero-order valence-electron chi connectivity index (χ0n) is 17.9. The van der Waals surface area contributed by atoms with Gasteiger partial charge < -0.3 is 14.8 Å². The monoisotopic (exact) mass is 445 g/mol. The van der Waals surface area contributed by atoms with E-state index in [0.29, 0.717) is 35.2 Å². The lowest BCUT2D eigenvalue weighted by Gasteiger charge is -2.13. The molecule has 4 rings (SSSR count). The van der Waals surface area contributed by atoms with Crippen LogP contribution in [0.4, 0.5) is 0 Å². The highest BCUT2D eigenvalue weighted by Crippen LogP contribution is 2.29. The zero-order chi connectivity index (χ0) is 22.3. The maximum atomic E-state index is 12.7. The molecule has 2 aromatic carbocycles. The largest absolute Gasteiger partial charge is 0.493 e. The molecule has 1 amide bonds. The normalized spacial score (nSPS) is 10.6. The molecule has 0 saturated carbocycles. The van der Waals surface area contributed by atoms with Crippen LogP contribution in [0, 0.1) is 6.92 Å². The summed E-state index contributed by atoms with van der Waals surface area (Å²) in [5.74, 6) is 1.12. The summed E-state index contributed by atoms with van der Waals surface area (Å²) in [6, 6.07) is 21.2. The molecular weight excluding hydrogens is 422 g/mol. The van der Waals surface area contributed by atoms with Crippen molar-refractivity contribution in [2.24, 2.45) is 0 Å². The van der Waals surface area contributed by atoms with Crippen LogP contribution < -0.4 is 14.8 Å². The van der Waals surface area contributed by atoms with Crippen molar-refractivity contribution in [3.8, 4) is 22.2 Å². The number of thiazole rings is 1. The van der Waals surface area contributed by atoms with Gasteiger partial charge in [-0.2, -0.15) is 0 Å². The Bertz CT molecular complexity index is 1190. The average Bonchev–Trinajstić information content (AvgIpc) is 3.24. The summed E-state index contributed by atoms with van der Waals surface area (Å²) < 4.78 is 11.4. The van der Waals surface area contributed by atoms with Crippen molar-refractivity contribution in [2.75, 3.05) is 7.11 Å². The van der Waals surface area contributed by atoms with Crippen molar-refractivity contribution in [1.82, 2.24) is 15.3 Å². The number of methoxy groups -OCH3 is 1. The molecule has 0 aliphatic carbocycles. The van der Waals surface area contributed by atoms with E-state index in [9.17, 15) is 4.79 Å². The van der Waals surface area contributed by atoms with Crippen LogP contribution in [0.1, 0.15) is 26.5 Å². The van der Waals surface area contributed by atoms with E-state index in [-0.39, 0.29) is 5.91 Å². The molecule has 1 N–H and O–H groups in total. The van der Waals surface area contributed by atoms with Gasteiger partial charge in [-0.15, -0.1) is 11.3 Å². The van der Waals surface area contributed by atoms with Gasteiger partial charge in [-0.25, -0.2) is 4.98 Å². The van der Waals surface area contributed by atoms with Crippen molar-refractivity contribution >= 4 is 17.2 Å². The number of benzene rings is 2. The number of amides is 1. The molecule has 0 fully saturated rings. The Morgan fingerprint density at radius 3 is 2.56 bits per heavy atom. The lowest BCUT2D eigenvalue weighted by atomic mass is 10.2. The number of ether oxygens (including phenoxy) is 2. The van der Waals surface area contributed by atoms with Crippen LogP contribution in [-0.2, 0) is 13.2 Å². The Labute approximate surface area is 190 Å². The van der Waals surface area contributed by atoms with E-state index in [0.717, 1.165) is 21.8 Å². The molecule has 0 aliphatic rings. The molecule has 0 bridgehead atoms. The highest BCUT2D eigenvalue weighted by atomic mass is 32.1. The second-order valence-corrected chi connectivity index (χ2v) is 8.09. The molecule has 0 atom stereocenters. The maximum absolute atomic E-state index is 12.7. The van der Waals surface area contributed by atoms with Crippen molar-refractivity contribution in [3.63, 3.8) is 0 Å². The van der Waals surface area contributed by atoms with Crippen LogP contribution in [-0.4, -0.2) is 23.0 Å². The van der Waals surface area contributed by atoms with Crippen LogP contribution in [0.25, 0.3) is 10.7 Å². The molecule has 6 nitrogen and oxygen atoms in total. The first-order valence-corrected chi connectivity index (χ1v) is 11.0. The summed E-state index contributed by atoms with van der Waals surface area (Å²) in [7, 11) is 1.60. The Morgan fingerprint density at radius 2 is 1.81 bits per heavy atom. The first-order chi connectivity index (χ1) is 15.6. The van der Waals surface area contributed by atoms with E-state index in [4.69, 9.17) is 9.47 Å². The minimum Gasteiger partial charge on any atom is -0.493 e. The van der Waals surface area contributed by atoms with Crippen LogP contribution in [0.2, 0.25) is 0 Å². The molecule has 0 radical (unpaired) electrons. The number of carbonyl (C=O) groups excluding carboxylic acids is 1. The van der Waals surface area contributed by atoms with Gasteiger partial charge in [0.2, 0.25) is 0 Å². The van der Waals surface area contributed by atoms with Crippen LogP contribution in [0.15, 0.2) is 72.9 Å². The van der Waals surface area contributed by atoms with Crippen LogP contribution in [0.5, 0.6) is 11.5 Å². The van der Waals surface area contributed by atoms with Crippen molar-refractivity contribution in [1.29, 1.82) is 0 Å². The summed E-state index contributed by atoms with van der Waals surface area (Å²) in [4.78, 5) is 22.1. The summed E-state index contributed by atoms with van der Waals surface area (Å²) in [6.45, 7) is 2.65. The SMILES string of the molecule is COc1cc(CNC(=O)c2sc(-c3ccccn3)nc2C)ccc1OCc1ccccc1. The minimum atomic E-state index is -0.162. The van der Waals surface area contributed by atoms with Gasteiger partial charge in [-0.3, -0.25) is 9.78 Å². The summed E-state index contributed by atoms with van der Waals surface area (Å²) in [6.07, 6.45) is 1.71. The first kappa shape index (κ1) is 21.5. The first-order valence-electron chi connectivity index (χ1n) is 10.1. The fourth-order valence-electron chi connectivity index (χ4n) is 3.15. The molecule has 0 saturated heterocycles. The number of hydrogen-bond acceptors (Lipinski definition) is 6. The fraction of sp³-hybridized carbons (Fsp3) is 0.160. The minimum absolute atomic E-state index is 0.162. The van der Waals surface area contributed by atoms with Gasteiger partial charge in [0, 0.05) is 12.7 Å². The van der Waals surface area contributed by atoms with Gasteiger partial charge in [0.25, 0.3) is 5.91 Å². The number of pyridine rings is 1.